The van der Waals surface area contributed by atoms with E-state index in [1.165, 1.54) is 0 Å². The molecule has 1 aliphatic heterocycles. The molecule has 1 amide bonds. The molecular formula is C14H23NO4. The number of hydrogen-bond donors (Lipinski definition) is 2. The van der Waals surface area contributed by atoms with Crippen molar-refractivity contribution >= 4 is 11.9 Å². The lowest BCUT2D eigenvalue weighted by atomic mass is 9.68. The molecule has 1 heterocycles. The Bertz CT molecular complexity index is 372. The first-order valence-corrected chi connectivity index (χ1v) is 7.01. The molecule has 2 fully saturated rings. The Labute approximate surface area is 113 Å². The maximum absolute atomic E-state index is 12.4. The van der Waals surface area contributed by atoms with Gasteiger partial charge in [0.2, 0.25) is 5.91 Å². The summed E-state index contributed by atoms with van der Waals surface area (Å²) in [5.41, 5.74) is -1.27. The first-order valence-electron chi connectivity index (χ1n) is 7.01. The molecule has 19 heavy (non-hydrogen) atoms. The van der Waals surface area contributed by atoms with Gasteiger partial charge in [0.05, 0.1) is 6.61 Å². The lowest BCUT2D eigenvalue weighted by Gasteiger charge is -2.39. The predicted molar refractivity (Wildman–Crippen MR) is 69.7 cm³/mol. The van der Waals surface area contributed by atoms with Crippen LogP contribution >= 0.6 is 0 Å². The zero-order chi connectivity index (χ0) is 14.1. The topological polar surface area (TPSA) is 75.6 Å². The number of carbonyl (C=O) groups excluding carboxylic acids is 1. The van der Waals surface area contributed by atoms with Crippen LogP contribution < -0.4 is 5.32 Å². The molecule has 2 N–H and O–H groups in total. The van der Waals surface area contributed by atoms with Crippen molar-refractivity contribution in [1.82, 2.24) is 5.32 Å². The molecule has 1 saturated heterocycles. The molecule has 0 radical (unpaired) electrons. The molecule has 0 bridgehead atoms. The normalized spacial score (nSPS) is 33.9. The monoisotopic (exact) mass is 269 g/mol. The first-order chi connectivity index (χ1) is 8.87. The van der Waals surface area contributed by atoms with Crippen LogP contribution in [0.25, 0.3) is 0 Å². The van der Waals surface area contributed by atoms with Crippen molar-refractivity contribution in [3.05, 3.63) is 0 Å². The van der Waals surface area contributed by atoms with Gasteiger partial charge in [-0.15, -0.1) is 0 Å². The number of carboxylic acids is 1. The molecule has 5 heteroatoms. The molecule has 1 aliphatic carbocycles. The average molecular weight is 269 g/mol. The van der Waals surface area contributed by atoms with Crippen molar-refractivity contribution in [3.63, 3.8) is 0 Å². The summed E-state index contributed by atoms with van der Waals surface area (Å²) in [5, 5.41) is 12.1. The van der Waals surface area contributed by atoms with Gasteiger partial charge in [-0.3, -0.25) is 4.79 Å². The second-order valence-corrected chi connectivity index (χ2v) is 6.47. The Morgan fingerprint density at radius 2 is 2.00 bits per heavy atom. The van der Waals surface area contributed by atoms with Gasteiger partial charge >= 0.3 is 5.97 Å². The van der Waals surface area contributed by atoms with Gasteiger partial charge in [-0.2, -0.15) is 0 Å². The molecule has 1 saturated carbocycles. The number of carboxylic acid groups (broad SMARTS) is 1. The minimum atomic E-state index is -1.22. The van der Waals surface area contributed by atoms with E-state index in [-0.39, 0.29) is 23.8 Å². The number of ether oxygens (including phenoxy) is 1. The van der Waals surface area contributed by atoms with E-state index >= 15 is 0 Å². The summed E-state index contributed by atoms with van der Waals surface area (Å²) in [6.45, 7) is 4.64. The Kier molecular flexibility index (Phi) is 3.85. The largest absolute Gasteiger partial charge is 0.479 e. The van der Waals surface area contributed by atoms with Crippen LogP contribution in [-0.4, -0.2) is 35.7 Å². The number of aliphatic carboxylic acids is 1. The van der Waals surface area contributed by atoms with Crippen LogP contribution in [0.3, 0.4) is 0 Å². The molecule has 0 spiro atoms. The minimum absolute atomic E-state index is 0.0541. The summed E-state index contributed by atoms with van der Waals surface area (Å²) < 4.78 is 5.17. The smallest absolute Gasteiger partial charge is 0.331 e. The molecule has 2 atom stereocenters. The Morgan fingerprint density at radius 3 is 2.53 bits per heavy atom. The van der Waals surface area contributed by atoms with Crippen LogP contribution in [-0.2, 0) is 14.3 Å². The lowest BCUT2D eigenvalue weighted by Crippen LogP contribution is -2.58. The third-order valence-electron chi connectivity index (χ3n) is 4.62. The van der Waals surface area contributed by atoms with E-state index in [2.05, 4.69) is 19.2 Å². The van der Waals surface area contributed by atoms with Crippen molar-refractivity contribution in [2.24, 2.45) is 11.3 Å². The summed E-state index contributed by atoms with van der Waals surface area (Å²) in [4.78, 5) is 23.9. The van der Waals surface area contributed by atoms with Gasteiger partial charge in [0.15, 0.2) is 5.54 Å². The molecule has 0 aromatic carbocycles. The number of hydrogen-bond acceptors (Lipinski definition) is 3. The van der Waals surface area contributed by atoms with E-state index < -0.39 is 11.5 Å². The van der Waals surface area contributed by atoms with Gasteiger partial charge in [0.25, 0.3) is 0 Å². The second kappa shape index (κ2) is 5.12. The Balaban J connectivity index is 2.09. The maximum Gasteiger partial charge on any atom is 0.331 e. The van der Waals surface area contributed by atoms with Crippen molar-refractivity contribution in [1.29, 1.82) is 0 Å². The van der Waals surface area contributed by atoms with Crippen LogP contribution in [0.1, 0.15) is 46.0 Å². The van der Waals surface area contributed by atoms with Gasteiger partial charge in [-0.1, -0.05) is 26.7 Å². The van der Waals surface area contributed by atoms with E-state index in [0.29, 0.717) is 13.0 Å². The quantitative estimate of drug-likeness (QED) is 0.815. The average Bonchev–Trinajstić information content (AvgIpc) is 2.78. The third kappa shape index (κ3) is 2.76. The molecule has 2 rings (SSSR count). The fraction of sp³-hybridized carbons (Fsp3) is 0.857. The van der Waals surface area contributed by atoms with E-state index in [0.717, 1.165) is 25.7 Å². The Hall–Kier alpha value is -1.10. The lowest BCUT2D eigenvalue weighted by molar-refractivity contribution is -0.149. The molecule has 0 aromatic rings. The first kappa shape index (κ1) is 14.3. The van der Waals surface area contributed by atoms with Crippen molar-refractivity contribution < 1.29 is 19.4 Å². The summed E-state index contributed by atoms with van der Waals surface area (Å²) in [6.07, 6.45) is 4.39. The summed E-state index contributed by atoms with van der Waals surface area (Å²) in [6, 6.07) is 0. The molecule has 108 valence electrons. The van der Waals surface area contributed by atoms with Crippen molar-refractivity contribution in [2.45, 2.75) is 51.5 Å². The minimum Gasteiger partial charge on any atom is -0.479 e. The van der Waals surface area contributed by atoms with Crippen LogP contribution in [0.4, 0.5) is 0 Å². The zero-order valence-corrected chi connectivity index (χ0v) is 11.7. The highest BCUT2D eigenvalue weighted by Crippen LogP contribution is 2.41. The third-order valence-corrected chi connectivity index (χ3v) is 4.62. The zero-order valence-electron chi connectivity index (χ0n) is 11.7. The fourth-order valence-corrected chi connectivity index (χ4v) is 3.19. The van der Waals surface area contributed by atoms with Crippen LogP contribution in [0.15, 0.2) is 0 Å². The highest BCUT2D eigenvalue weighted by molar-refractivity contribution is 5.88. The molecule has 2 unspecified atom stereocenters. The van der Waals surface area contributed by atoms with Gasteiger partial charge in [0.1, 0.15) is 0 Å². The van der Waals surface area contributed by atoms with Crippen LogP contribution in [0.5, 0.6) is 0 Å². The fourth-order valence-electron chi connectivity index (χ4n) is 3.19. The molecule has 0 aromatic heterocycles. The standard InChI is InChI=1S/C14H23NO4/c1-13(2)6-4-3-5-10(13)11(16)15-14(12(17)18)7-8-19-9-14/h10H,3-9H2,1-2H3,(H,15,16)(H,17,18). The van der Waals surface area contributed by atoms with Crippen molar-refractivity contribution in [3.8, 4) is 0 Å². The number of rotatable bonds is 3. The van der Waals surface area contributed by atoms with Crippen LogP contribution in [0, 0.1) is 11.3 Å². The van der Waals surface area contributed by atoms with Crippen LogP contribution in [0.2, 0.25) is 0 Å². The highest BCUT2D eigenvalue weighted by atomic mass is 16.5. The van der Waals surface area contributed by atoms with E-state index in [1.54, 1.807) is 0 Å². The molecular weight excluding hydrogens is 246 g/mol. The molecule has 5 nitrogen and oxygen atoms in total. The van der Waals surface area contributed by atoms with E-state index in [1.807, 2.05) is 0 Å². The number of carbonyl (C=O) groups is 2. The summed E-state index contributed by atoms with van der Waals surface area (Å²) in [7, 11) is 0. The van der Waals surface area contributed by atoms with E-state index in [4.69, 9.17) is 4.74 Å². The van der Waals surface area contributed by atoms with Gasteiger partial charge in [0, 0.05) is 18.9 Å². The summed E-state index contributed by atoms with van der Waals surface area (Å²) >= 11 is 0. The maximum atomic E-state index is 12.4. The number of nitrogens with one attached hydrogen (secondary N) is 1. The SMILES string of the molecule is CC1(C)CCCCC1C(=O)NC1(C(=O)O)CCOC1. The molecule has 2 aliphatic rings. The van der Waals surface area contributed by atoms with Gasteiger partial charge in [-0.05, 0) is 18.3 Å². The second-order valence-electron chi connectivity index (χ2n) is 6.47. The predicted octanol–water partition coefficient (Wildman–Crippen LogP) is 1.56. The Morgan fingerprint density at radius 1 is 1.26 bits per heavy atom. The van der Waals surface area contributed by atoms with E-state index in [9.17, 15) is 14.7 Å². The summed E-state index contributed by atoms with van der Waals surface area (Å²) in [5.74, 6) is -1.22. The van der Waals surface area contributed by atoms with Crippen molar-refractivity contribution in [2.75, 3.05) is 13.2 Å². The number of amides is 1. The van der Waals surface area contributed by atoms with Gasteiger partial charge in [-0.25, -0.2) is 4.79 Å². The highest BCUT2D eigenvalue weighted by Gasteiger charge is 2.47. The van der Waals surface area contributed by atoms with Gasteiger partial charge < -0.3 is 15.2 Å².